The first-order valence-electron chi connectivity index (χ1n) is 6.28. The minimum atomic E-state index is -0.229. The van der Waals surface area contributed by atoms with Crippen LogP contribution in [-0.4, -0.2) is 17.1 Å². The monoisotopic (exact) mass is 313 g/mol. The fraction of sp³-hybridized carbons (Fsp3) is 0.500. The van der Waals surface area contributed by atoms with Gasteiger partial charge in [-0.25, -0.2) is 0 Å². The largest absolute Gasteiger partial charge is 0.507 e. The minimum Gasteiger partial charge on any atom is -0.507 e. The molecular formula is C14H20BrNO2. The number of amides is 1. The van der Waals surface area contributed by atoms with Crippen molar-refractivity contribution in [2.24, 2.45) is 5.92 Å². The van der Waals surface area contributed by atoms with E-state index < -0.39 is 0 Å². The molecule has 0 fully saturated rings. The molecule has 1 aromatic rings. The Balaban J connectivity index is 2.79. The first kappa shape index (κ1) is 15.0. The number of nitrogens with one attached hydrogen (secondary N) is 1. The van der Waals surface area contributed by atoms with Crippen LogP contribution < -0.4 is 5.32 Å². The fourth-order valence-corrected chi connectivity index (χ4v) is 2.45. The normalized spacial score (nSPS) is 12.5. The Morgan fingerprint density at radius 3 is 2.56 bits per heavy atom. The van der Waals surface area contributed by atoms with Crippen molar-refractivity contribution in [3.63, 3.8) is 0 Å². The molecule has 1 aromatic carbocycles. The standard InChI is InChI=1S/C14H20BrNO2/c1-4-10(5-2)9(3)16-14(18)12-8-11(15)6-7-13(12)17/h6-10,17H,4-5H2,1-3H3,(H,16,18). The summed E-state index contributed by atoms with van der Waals surface area (Å²) in [7, 11) is 0. The maximum absolute atomic E-state index is 12.1. The Bertz CT molecular complexity index is 416. The lowest BCUT2D eigenvalue weighted by Gasteiger charge is -2.22. The van der Waals surface area contributed by atoms with Crippen LogP contribution >= 0.6 is 15.9 Å². The molecule has 1 rings (SSSR count). The molecule has 0 bridgehead atoms. The Labute approximate surface area is 117 Å². The molecule has 0 saturated heterocycles. The Morgan fingerprint density at radius 1 is 1.39 bits per heavy atom. The van der Waals surface area contributed by atoms with Gasteiger partial charge >= 0.3 is 0 Å². The van der Waals surface area contributed by atoms with Crippen LogP contribution in [0, 0.1) is 5.92 Å². The summed E-state index contributed by atoms with van der Waals surface area (Å²) in [5.41, 5.74) is 0.308. The van der Waals surface area contributed by atoms with Gasteiger partial charge in [-0.1, -0.05) is 42.6 Å². The number of aromatic hydroxyl groups is 1. The van der Waals surface area contributed by atoms with Gasteiger partial charge in [0.2, 0.25) is 0 Å². The fourth-order valence-electron chi connectivity index (χ4n) is 2.09. The molecule has 0 heterocycles. The molecule has 0 radical (unpaired) electrons. The van der Waals surface area contributed by atoms with Gasteiger partial charge in [-0.15, -0.1) is 0 Å². The van der Waals surface area contributed by atoms with Crippen molar-refractivity contribution >= 4 is 21.8 Å². The summed E-state index contributed by atoms with van der Waals surface area (Å²) in [6.45, 7) is 6.24. The van der Waals surface area contributed by atoms with E-state index in [9.17, 15) is 9.90 Å². The third kappa shape index (κ3) is 3.73. The number of hydrogen-bond acceptors (Lipinski definition) is 2. The van der Waals surface area contributed by atoms with Crippen LogP contribution in [0.5, 0.6) is 5.75 Å². The van der Waals surface area contributed by atoms with Gasteiger partial charge in [0.15, 0.2) is 0 Å². The molecule has 0 aromatic heterocycles. The summed E-state index contributed by atoms with van der Waals surface area (Å²) in [5.74, 6) is 0.240. The number of phenolic OH excluding ortho intramolecular Hbond substituents is 1. The van der Waals surface area contributed by atoms with Gasteiger partial charge in [-0.05, 0) is 31.0 Å². The van der Waals surface area contributed by atoms with Crippen LogP contribution in [0.4, 0.5) is 0 Å². The molecule has 0 aliphatic rings. The summed E-state index contributed by atoms with van der Waals surface area (Å²) in [6, 6.07) is 4.95. The number of phenols is 1. The smallest absolute Gasteiger partial charge is 0.255 e. The summed E-state index contributed by atoms with van der Waals surface area (Å²) >= 11 is 3.30. The van der Waals surface area contributed by atoms with Gasteiger partial charge in [-0.2, -0.15) is 0 Å². The number of rotatable bonds is 5. The van der Waals surface area contributed by atoms with E-state index in [2.05, 4.69) is 35.1 Å². The highest BCUT2D eigenvalue weighted by Crippen LogP contribution is 2.22. The van der Waals surface area contributed by atoms with Crippen LogP contribution in [0.2, 0.25) is 0 Å². The lowest BCUT2D eigenvalue weighted by atomic mass is 9.95. The van der Waals surface area contributed by atoms with Crippen molar-refractivity contribution in [3.05, 3.63) is 28.2 Å². The molecule has 0 spiro atoms. The molecular weight excluding hydrogens is 294 g/mol. The van der Waals surface area contributed by atoms with Gasteiger partial charge in [0, 0.05) is 10.5 Å². The summed E-state index contributed by atoms with van der Waals surface area (Å²) < 4.78 is 0.778. The van der Waals surface area contributed by atoms with Crippen molar-refractivity contribution in [1.82, 2.24) is 5.32 Å². The molecule has 100 valence electrons. The number of carbonyl (C=O) groups is 1. The van der Waals surface area contributed by atoms with E-state index in [1.807, 2.05) is 6.92 Å². The van der Waals surface area contributed by atoms with Crippen LogP contribution in [0.15, 0.2) is 22.7 Å². The molecule has 4 heteroatoms. The van der Waals surface area contributed by atoms with Gasteiger partial charge < -0.3 is 10.4 Å². The van der Waals surface area contributed by atoms with E-state index >= 15 is 0 Å². The van der Waals surface area contributed by atoms with Crippen molar-refractivity contribution in [1.29, 1.82) is 0 Å². The number of carbonyl (C=O) groups excluding carboxylic acids is 1. The zero-order valence-electron chi connectivity index (χ0n) is 11.0. The molecule has 2 N–H and O–H groups in total. The SMILES string of the molecule is CCC(CC)C(C)NC(=O)c1cc(Br)ccc1O. The van der Waals surface area contributed by atoms with Crippen molar-refractivity contribution in [3.8, 4) is 5.75 Å². The Kier molecular flexibility index (Phi) is 5.66. The second kappa shape index (κ2) is 6.78. The van der Waals surface area contributed by atoms with Gasteiger partial charge in [0.25, 0.3) is 5.91 Å². The van der Waals surface area contributed by atoms with E-state index in [1.54, 1.807) is 12.1 Å². The number of hydrogen-bond donors (Lipinski definition) is 2. The molecule has 1 amide bonds. The molecule has 3 nitrogen and oxygen atoms in total. The summed E-state index contributed by atoms with van der Waals surface area (Å²) in [5, 5.41) is 12.6. The first-order valence-corrected chi connectivity index (χ1v) is 7.08. The first-order chi connectivity index (χ1) is 8.49. The lowest BCUT2D eigenvalue weighted by molar-refractivity contribution is 0.0922. The molecule has 18 heavy (non-hydrogen) atoms. The van der Waals surface area contributed by atoms with Gasteiger partial charge in [0.1, 0.15) is 5.75 Å². The predicted molar refractivity (Wildman–Crippen MR) is 76.8 cm³/mol. The third-order valence-corrected chi connectivity index (χ3v) is 3.81. The maximum Gasteiger partial charge on any atom is 0.255 e. The molecule has 1 atom stereocenters. The van der Waals surface area contributed by atoms with E-state index in [1.165, 1.54) is 6.07 Å². The predicted octanol–water partition coefficient (Wildman–Crippen LogP) is 3.71. The van der Waals surface area contributed by atoms with Crippen molar-refractivity contribution < 1.29 is 9.90 Å². The average molecular weight is 314 g/mol. The summed E-state index contributed by atoms with van der Waals surface area (Å²) in [4.78, 5) is 12.1. The maximum atomic E-state index is 12.1. The molecule has 0 saturated carbocycles. The van der Waals surface area contributed by atoms with E-state index in [0.717, 1.165) is 17.3 Å². The van der Waals surface area contributed by atoms with Crippen LogP contribution in [0.25, 0.3) is 0 Å². The van der Waals surface area contributed by atoms with Crippen LogP contribution in [0.1, 0.15) is 44.0 Å². The van der Waals surface area contributed by atoms with E-state index in [-0.39, 0.29) is 17.7 Å². The number of benzene rings is 1. The zero-order valence-corrected chi connectivity index (χ0v) is 12.6. The van der Waals surface area contributed by atoms with Gasteiger partial charge in [-0.3, -0.25) is 4.79 Å². The average Bonchev–Trinajstić information content (AvgIpc) is 2.33. The third-order valence-electron chi connectivity index (χ3n) is 3.32. The topological polar surface area (TPSA) is 49.3 Å². The highest BCUT2D eigenvalue weighted by atomic mass is 79.9. The second-order valence-electron chi connectivity index (χ2n) is 4.50. The molecule has 1 unspecified atom stereocenters. The Hall–Kier alpha value is -1.03. The van der Waals surface area contributed by atoms with Gasteiger partial charge in [0.05, 0.1) is 5.56 Å². The van der Waals surface area contributed by atoms with Crippen LogP contribution in [-0.2, 0) is 0 Å². The minimum absolute atomic E-state index is 0.00690. The van der Waals surface area contributed by atoms with E-state index in [0.29, 0.717) is 11.5 Å². The molecule has 0 aliphatic carbocycles. The Morgan fingerprint density at radius 2 is 2.00 bits per heavy atom. The lowest BCUT2D eigenvalue weighted by Crippen LogP contribution is -2.37. The van der Waals surface area contributed by atoms with Crippen molar-refractivity contribution in [2.75, 3.05) is 0 Å². The van der Waals surface area contributed by atoms with Crippen LogP contribution in [0.3, 0.4) is 0 Å². The van der Waals surface area contributed by atoms with E-state index in [4.69, 9.17) is 0 Å². The zero-order chi connectivity index (χ0) is 13.7. The highest BCUT2D eigenvalue weighted by Gasteiger charge is 2.18. The summed E-state index contributed by atoms with van der Waals surface area (Å²) in [6.07, 6.45) is 2.06. The number of halogens is 1. The quantitative estimate of drug-likeness (QED) is 0.870. The molecule has 0 aliphatic heterocycles. The highest BCUT2D eigenvalue weighted by molar-refractivity contribution is 9.10. The van der Waals surface area contributed by atoms with Crippen molar-refractivity contribution in [2.45, 2.75) is 39.7 Å². The second-order valence-corrected chi connectivity index (χ2v) is 5.42.